The highest BCUT2D eigenvalue weighted by atomic mass is 32.2. The molecule has 1 aromatic rings. The van der Waals surface area contributed by atoms with Crippen LogP contribution in [0, 0.1) is 5.92 Å². The van der Waals surface area contributed by atoms with Crippen LogP contribution in [-0.4, -0.2) is 44.1 Å². The molecule has 21 heavy (non-hydrogen) atoms. The molecule has 0 aliphatic carbocycles. The molecule has 1 rings (SSSR count). The van der Waals surface area contributed by atoms with Gasteiger partial charge in [0.25, 0.3) is 0 Å². The predicted molar refractivity (Wildman–Crippen MR) is 95.2 cm³/mol. The summed E-state index contributed by atoms with van der Waals surface area (Å²) in [6, 6.07) is 8.24. The zero-order valence-electron chi connectivity index (χ0n) is 13.6. The van der Waals surface area contributed by atoms with Crippen LogP contribution < -0.4 is 14.9 Å². The first-order chi connectivity index (χ1) is 10.0. The summed E-state index contributed by atoms with van der Waals surface area (Å²) in [5, 5.41) is 16.5. The summed E-state index contributed by atoms with van der Waals surface area (Å²) in [4.78, 5) is 0. The highest BCUT2D eigenvalue weighted by molar-refractivity contribution is 7.99. The Balaban J connectivity index is 2.24. The first-order valence-electron chi connectivity index (χ1n) is 7.53. The lowest BCUT2D eigenvalue weighted by Crippen LogP contribution is -2.33. The molecule has 0 aliphatic rings. The van der Waals surface area contributed by atoms with Gasteiger partial charge in [-0.1, -0.05) is 25.8 Å². The highest BCUT2D eigenvalue weighted by Gasteiger charge is 2.04. The topological polar surface area (TPSA) is 47.5 Å². The lowest BCUT2D eigenvalue weighted by atomic mass is 10.1. The minimum atomic E-state index is -0.370. The van der Waals surface area contributed by atoms with Gasteiger partial charge in [-0.15, -0.1) is 0 Å². The van der Waals surface area contributed by atoms with Gasteiger partial charge in [0.2, 0.25) is 0 Å². The van der Waals surface area contributed by atoms with E-state index in [1.165, 1.54) is 5.69 Å². The second-order valence-corrected chi connectivity index (χ2v) is 6.56. The molecule has 4 nitrogen and oxygen atoms in total. The number of hydrogen-bond acceptors (Lipinski definition) is 5. The van der Waals surface area contributed by atoms with Gasteiger partial charge in [0.05, 0.1) is 6.10 Å². The molecule has 0 radical (unpaired) electrons. The number of hydrogen-bond donors (Lipinski definition) is 3. The van der Waals surface area contributed by atoms with Gasteiger partial charge in [0.15, 0.2) is 0 Å². The van der Waals surface area contributed by atoms with Gasteiger partial charge < -0.3 is 20.0 Å². The Morgan fingerprint density at radius 3 is 2.43 bits per heavy atom. The Kier molecular flexibility index (Phi) is 8.57. The van der Waals surface area contributed by atoms with Crippen molar-refractivity contribution in [2.75, 3.05) is 42.6 Å². The SMILES string of the molecule is CSN(C)c1ccc(NCC(O)CNCCC(C)C)cc1. The van der Waals surface area contributed by atoms with Crippen molar-refractivity contribution in [2.45, 2.75) is 26.4 Å². The second kappa shape index (κ2) is 9.92. The fourth-order valence-corrected chi connectivity index (χ4v) is 2.19. The molecular formula is C16H29N3OS. The van der Waals surface area contributed by atoms with E-state index in [0.29, 0.717) is 19.0 Å². The van der Waals surface area contributed by atoms with Gasteiger partial charge in [-0.3, -0.25) is 0 Å². The van der Waals surface area contributed by atoms with Crippen LogP contribution in [0.4, 0.5) is 11.4 Å². The van der Waals surface area contributed by atoms with Crippen molar-refractivity contribution in [3.63, 3.8) is 0 Å². The predicted octanol–water partition coefficient (Wildman–Crippen LogP) is 2.81. The fraction of sp³-hybridized carbons (Fsp3) is 0.625. The van der Waals surface area contributed by atoms with Crippen molar-refractivity contribution in [3.05, 3.63) is 24.3 Å². The zero-order chi connectivity index (χ0) is 15.7. The number of benzene rings is 1. The van der Waals surface area contributed by atoms with Gasteiger partial charge in [0, 0.05) is 37.8 Å². The van der Waals surface area contributed by atoms with Crippen LogP contribution in [0.1, 0.15) is 20.3 Å². The first-order valence-corrected chi connectivity index (χ1v) is 8.71. The Morgan fingerprint density at radius 2 is 1.86 bits per heavy atom. The van der Waals surface area contributed by atoms with Gasteiger partial charge >= 0.3 is 0 Å². The van der Waals surface area contributed by atoms with Crippen LogP contribution in [0.5, 0.6) is 0 Å². The van der Waals surface area contributed by atoms with Gasteiger partial charge in [-0.05, 0) is 43.1 Å². The normalized spacial score (nSPS) is 12.5. The van der Waals surface area contributed by atoms with Crippen molar-refractivity contribution < 1.29 is 5.11 Å². The smallest absolute Gasteiger partial charge is 0.0836 e. The maximum atomic E-state index is 9.92. The molecule has 3 N–H and O–H groups in total. The van der Waals surface area contributed by atoms with Crippen LogP contribution in [0.2, 0.25) is 0 Å². The van der Waals surface area contributed by atoms with E-state index in [9.17, 15) is 5.11 Å². The first kappa shape index (κ1) is 18.1. The van der Waals surface area contributed by atoms with Crippen molar-refractivity contribution in [3.8, 4) is 0 Å². The molecule has 1 unspecified atom stereocenters. The Hall–Kier alpha value is -0.910. The van der Waals surface area contributed by atoms with Crippen molar-refractivity contribution >= 4 is 23.3 Å². The average molecular weight is 311 g/mol. The molecule has 0 fully saturated rings. The number of nitrogens with one attached hydrogen (secondary N) is 2. The van der Waals surface area contributed by atoms with E-state index < -0.39 is 0 Å². The van der Waals surface area contributed by atoms with Crippen LogP contribution in [0.15, 0.2) is 24.3 Å². The van der Waals surface area contributed by atoms with Crippen LogP contribution in [0.25, 0.3) is 0 Å². The van der Waals surface area contributed by atoms with Crippen LogP contribution in [-0.2, 0) is 0 Å². The standard InChI is InChI=1S/C16H29N3OS/c1-13(2)9-10-17-11-16(20)12-18-14-5-7-15(8-6-14)19(3)21-4/h5-8,13,16-18,20H,9-12H2,1-4H3. The molecule has 0 heterocycles. The number of rotatable bonds is 10. The number of aliphatic hydroxyl groups excluding tert-OH is 1. The molecule has 0 aliphatic heterocycles. The van der Waals surface area contributed by atoms with Crippen LogP contribution >= 0.6 is 11.9 Å². The Morgan fingerprint density at radius 1 is 1.19 bits per heavy atom. The molecule has 120 valence electrons. The summed E-state index contributed by atoms with van der Waals surface area (Å²) in [5.41, 5.74) is 2.21. The maximum Gasteiger partial charge on any atom is 0.0836 e. The Labute approximate surface area is 133 Å². The quantitative estimate of drug-likeness (QED) is 0.458. The van der Waals surface area contributed by atoms with E-state index in [1.54, 1.807) is 11.9 Å². The van der Waals surface area contributed by atoms with Gasteiger partial charge in [0.1, 0.15) is 0 Å². The summed E-state index contributed by atoms with van der Waals surface area (Å²) < 4.78 is 2.11. The van der Waals surface area contributed by atoms with E-state index >= 15 is 0 Å². The maximum absolute atomic E-state index is 9.92. The van der Waals surface area contributed by atoms with Gasteiger partial charge in [-0.25, -0.2) is 0 Å². The molecule has 5 heteroatoms. The van der Waals surface area contributed by atoms with E-state index in [-0.39, 0.29) is 6.10 Å². The molecule has 0 aromatic heterocycles. The molecule has 0 amide bonds. The summed E-state index contributed by atoms with van der Waals surface area (Å²) in [7, 11) is 2.04. The minimum absolute atomic E-state index is 0.370. The molecule has 1 aromatic carbocycles. The lowest BCUT2D eigenvalue weighted by molar-refractivity contribution is 0.183. The monoisotopic (exact) mass is 311 g/mol. The van der Waals surface area contributed by atoms with E-state index in [2.05, 4.69) is 47.2 Å². The zero-order valence-corrected chi connectivity index (χ0v) is 14.4. The van der Waals surface area contributed by atoms with Crippen molar-refractivity contribution in [1.29, 1.82) is 0 Å². The van der Waals surface area contributed by atoms with E-state index in [0.717, 1.165) is 18.7 Å². The van der Waals surface area contributed by atoms with E-state index in [1.807, 2.05) is 19.2 Å². The Bertz CT molecular complexity index is 384. The third-order valence-corrected chi connectivity index (χ3v) is 4.08. The van der Waals surface area contributed by atoms with Gasteiger partial charge in [-0.2, -0.15) is 0 Å². The summed E-state index contributed by atoms with van der Waals surface area (Å²) in [6.45, 7) is 6.57. The summed E-state index contributed by atoms with van der Waals surface area (Å²) in [5.74, 6) is 0.700. The average Bonchev–Trinajstić information content (AvgIpc) is 2.49. The summed E-state index contributed by atoms with van der Waals surface area (Å²) >= 11 is 1.68. The molecule has 0 bridgehead atoms. The minimum Gasteiger partial charge on any atom is -0.390 e. The lowest BCUT2D eigenvalue weighted by Gasteiger charge is -2.17. The number of aliphatic hydroxyl groups is 1. The molecule has 0 saturated carbocycles. The second-order valence-electron chi connectivity index (χ2n) is 5.65. The third kappa shape index (κ3) is 7.60. The third-order valence-electron chi connectivity index (χ3n) is 3.33. The van der Waals surface area contributed by atoms with Crippen molar-refractivity contribution in [2.24, 2.45) is 5.92 Å². The fourth-order valence-electron chi connectivity index (χ4n) is 1.86. The molecule has 0 spiro atoms. The largest absolute Gasteiger partial charge is 0.390 e. The van der Waals surface area contributed by atoms with Crippen molar-refractivity contribution in [1.82, 2.24) is 5.32 Å². The molecule has 0 saturated heterocycles. The van der Waals surface area contributed by atoms with E-state index in [4.69, 9.17) is 0 Å². The highest BCUT2D eigenvalue weighted by Crippen LogP contribution is 2.20. The molecule has 1 atom stereocenters. The molecular weight excluding hydrogens is 282 g/mol. The van der Waals surface area contributed by atoms with Crippen LogP contribution in [0.3, 0.4) is 0 Å². The summed E-state index contributed by atoms with van der Waals surface area (Å²) in [6.07, 6.45) is 2.82. The number of nitrogens with zero attached hydrogens (tertiary/aromatic N) is 1. The number of anilines is 2.